The Morgan fingerprint density at radius 3 is 3.19 bits per heavy atom. The van der Waals surface area contributed by atoms with Crippen molar-refractivity contribution in [3.05, 3.63) is 11.6 Å². The summed E-state index contributed by atoms with van der Waals surface area (Å²) in [7, 11) is 0. The Morgan fingerprint density at radius 1 is 1.81 bits per heavy atom. The lowest BCUT2D eigenvalue weighted by Gasteiger charge is -2.20. The van der Waals surface area contributed by atoms with Crippen LogP contribution in [-0.4, -0.2) is 27.0 Å². The maximum absolute atomic E-state index is 7.90. The van der Waals surface area contributed by atoms with Gasteiger partial charge in [0.05, 0.1) is 0 Å². The standard InChI is InChI=1S/C9H13N5S2/c1-2-13(8(11)15)7-5-6(10)14-3-4-16-9(14)12-7/h5,10H,2-4H2,1H3,(H2,11,15). The molecule has 16 heavy (non-hydrogen) atoms. The Kier molecular flexibility index (Phi) is 3.15. The zero-order valence-corrected chi connectivity index (χ0v) is 10.6. The SMILES string of the molecule is CCN(C(N)=S)c1cc(=N)n2c(n1)SCC2. The number of anilines is 1. The molecule has 0 spiro atoms. The molecule has 1 aliphatic rings. The summed E-state index contributed by atoms with van der Waals surface area (Å²) in [5.41, 5.74) is 6.08. The number of rotatable bonds is 2. The lowest BCUT2D eigenvalue weighted by atomic mass is 10.4. The molecule has 0 aliphatic carbocycles. The van der Waals surface area contributed by atoms with Crippen molar-refractivity contribution >= 4 is 34.9 Å². The van der Waals surface area contributed by atoms with E-state index in [-0.39, 0.29) is 0 Å². The van der Waals surface area contributed by atoms with Gasteiger partial charge in [-0.05, 0) is 19.1 Å². The summed E-state index contributed by atoms with van der Waals surface area (Å²) >= 11 is 6.62. The van der Waals surface area contributed by atoms with E-state index in [4.69, 9.17) is 23.4 Å². The maximum Gasteiger partial charge on any atom is 0.171 e. The highest BCUT2D eigenvalue weighted by atomic mass is 32.2. The highest BCUT2D eigenvalue weighted by molar-refractivity contribution is 7.99. The van der Waals surface area contributed by atoms with Gasteiger partial charge in [-0.2, -0.15) is 0 Å². The second kappa shape index (κ2) is 4.42. The molecule has 0 fully saturated rings. The normalized spacial score (nSPS) is 13.6. The number of nitrogens with two attached hydrogens (primary N) is 1. The number of thiocarbonyl (C=S) groups is 1. The minimum absolute atomic E-state index is 0.294. The summed E-state index contributed by atoms with van der Waals surface area (Å²) < 4.78 is 1.89. The van der Waals surface area contributed by atoms with Gasteiger partial charge in [-0.3, -0.25) is 5.41 Å². The van der Waals surface area contributed by atoms with Crippen molar-refractivity contribution in [1.82, 2.24) is 9.55 Å². The lowest BCUT2D eigenvalue weighted by Crippen LogP contribution is -2.37. The van der Waals surface area contributed by atoms with Gasteiger partial charge in [0.15, 0.2) is 10.3 Å². The molecule has 2 rings (SSSR count). The summed E-state index contributed by atoms with van der Waals surface area (Å²) in [5.74, 6) is 1.64. The van der Waals surface area contributed by atoms with Crippen LogP contribution >= 0.6 is 24.0 Å². The van der Waals surface area contributed by atoms with Gasteiger partial charge in [0, 0.05) is 24.9 Å². The van der Waals surface area contributed by atoms with E-state index in [0.717, 1.165) is 17.5 Å². The van der Waals surface area contributed by atoms with Crippen LogP contribution in [0.3, 0.4) is 0 Å². The Bertz CT molecular complexity index is 481. The quantitative estimate of drug-likeness (QED) is 0.596. The van der Waals surface area contributed by atoms with E-state index in [9.17, 15) is 0 Å². The minimum atomic E-state index is 0.294. The fraction of sp³-hybridized carbons (Fsp3) is 0.444. The molecule has 1 aliphatic heterocycles. The Balaban J connectivity index is 2.47. The molecule has 0 saturated heterocycles. The van der Waals surface area contributed by atoms with Gasteiger partial charge in [-0.25, -0.2) is 4.98 Å². The summed E-state index contributed by atoms with van der Waals surface area (Å²) in [5, 5.41) is 9.07. The second-order valence-electron chi connectivity index (χ2n) is 3.36. The summed E-state index contributed by atoms with van der Waals surface area (Å²) in [6, 6.07) is 1.71. The molecule has 1 aromatic heterocycles. The van der Waals surface area contributed by atoms with E-state index in [2.05, 4.69) is 4.98 Å². The second-order valence-corrected chi connectivity index (χ2v) is 4.85. The zero-order valence-electron chi connectivity index (χ0n) is 8.93. The van der Waals surface area contributed by atoms with Crippen LogP contribution in [0.2, 0.25) is 0 Å². The van der Waals surface area contributed by atoms with E-state index < -0.39 is 0 Å². The average Bonchev–Trinajstić information content (AvgIpc) is 2.66. The summed E-state index contributed by atoms with van der Waals surface area (Å²) in [6.45, 7) is 3.47. The molecule has 86 valence electrons. The molecule has 5 nitrogen and oxygen atoms in total. The van der Waals surface area contributed by atoms with Gasteiger partial charge < -0.3 is 15.2 Å². The fourth-order valence-electron chi connectivity index (χ4n) is 1.62. The molecule has 0 amide bonds. The maximum atomic E-state index is 7.90. The number of thioether (sulfide) groups is 1. The number of nitrogens with one attached hydrogen (secondary N) is 1. The van der Waals surface area contributed by atoms with Crippen molar-refractivity contribution in [3.8, 4) is 0 Å². The van der Waals surface area contributed by atoms with Crippen LogP contribution in [0.1, 0.15) is 6.92 Å². The van der Waals surface area contributed by atoms with Gasteiger partial charge in [0.1, 0.15) is 11.3 Å². The number of hydrogen-bond donors (Lipinski definition) is 2. The monoisotopic (exact) mass is 255 g/mol. The average molecular weight is 255 g/mol. The summed E-state index contributed by atoms with van der Waals surface area (Å²) in [4.78, 5) is 6.20. The van der Waals surface area contributed by atoms with Crippen LogP contribution in [-0.2, 0) is 6.54 Å². The molecule has 3 N–H and O–H groups in total. The largest absolute Gasteiger partial charge is 0.376 e. The van der Waals surface area contributed by atoms with Gasteiger partial charge >= 0.3 is 0 Å². The molecular formula is C9H13N5S2. The molecule has 0 saturated carbocycles. The van der Waals surface area contributed by atoms with Crippen molar-refractivity contribution in [3.63, 3.8) is 0 Å². The lowest BCUT2D eigenvalue weighted by molar-refractivity contribution is 0.634. The Labute approximate surface area is 103 Å². The first-order valence-corrected chi connectivity index (χ1v) is 6.39. The van der Waals surface area contributed by atoms with Crippen LogP contribution in [0.25, 0.3) is 0 Å². The third kappa shape index (κ3) is 1.92. The molecular weight excluding hydrogens is 242 g/mol. The van der Waals surface area contributed by atoms with E-state index in [1.807, 2.05) is 11.5 Å². The number of hydrogen-bond acceptors (Lipinski definition) is 4. The van der Waals surface area contributed by atoms with Gasteiger partial charge in [-0.1, -0.05) is 11.8 Å². The molecule has 7 heteroatoms. The Hall–Kier alpha value is -1.08. The summed E-state index contributed by atoms with van der Waals surface area (Å²) in [6.07, 6.45) is 0. The van der Waals surface area contributed by atoms with Crippen LogP contribution < -0.4 is 16.1 Å². The fourth-order valence-corrected chi connectivity index (χ4v) is 2.80. The first-order valence-electron chi connectivity index (χ1n) is 4.99. The predicted octanol–water partition coefficient (Wildman–Crippen LogP) is 0.538. The van der Waals surface area contributed by atoms with Crippen molar-refractivity contribution in [2.75, 3.05) is 17.2 Å². The van der Waals surface area contributed by atoms with Crippen molar-refractivity contribution in [2.24, 2.45) is 5.73 Å². The van der Waals surface area contributed by atoms with Crippen molar-refractivity contribution < 1.29 is 0 Å². The molecule has 2 heterocycles. The van der Waals surface area contributed by atoms with Crippen molar-refractivity contribution in [2.45, 2.75) is 18.6 Å². The van der Waals surface area contributed by atoms with Crippen LogP contribution in [0, 0.1) is 5.41 Å². The first kappa shape index (κ1) is 11.4. The molecule has 0 aromatic carbocycles. The van der Waals surface area contributed by atoms with E-state index >= 15 is 0 Å². The third-order valence-corrected chi connectivity index (χ3v) is 3.58. The van der Waals surface area contributed by atoms with Crippen LogP contribution in [0.4, 0.5) is 5.82 Å². The minimum Gasteiger partial charge on any atom is -0.376 e. The van der Waals surface area contributed by atoms with E-state index in [1.165, 1.54) is 0 Å². The van der Waals surface area contributed by atoms with E-state index in [0.29, 0.717) is 23.0 Å². The molecule has 1 aromatic rings. The number of aromatic nitrogens is 2. The topological polar surface area (TPSA) is 70.9 Å². The smallest absolute Gasteiger partial charge is 0.171 e. The van der Waals surface area contributed by atoms with Crippen LogP contribution in [0.5, 0.6) is 0 Å². The highest BCUT2D eigenvalue weighted by Gasteiger charge is 2.16. The zero-order chi connectivity index (χ0) is 11.7. The van der Waals surface area contributed by atoms with Gasteiger partial charge in [0.25, 0.3) is 0 Å². The number of fused-ring (bicyclic) bond motifs is 1. The van der Waals surface area contributed by atoms with Crippen LogP contribution in [0.15, 0.2) is 11.2 Å². The van der Waals surface area contributed by atoms with Gasteiger partial charge in [-0.15, -0.1) is 0 Å². The first-order chi connectivity index (χ1) is 7.63. The third-order valence-electron chi connectivity index (χ3n) is 2.40. The molecule has 0 atom stereocenters. The molecule has 0 bridgehead atoms. The molecule has 0 unspecified atom stereocenters. The highest BCUT2D eigenvalue weighted by Crippen LogP contribution is 2.23. The van der Waals surface area contributed by atoms with Crippen molar-refractivity contribution in [1.29, 1.82) is 5.41 Å². The predicted molar refractivity (Wildman–Crippen MR) is 68.6 cm³/mol. The molecule has 0 radical (unpaired) electrons. The number of nitrogens with zero attached hydrogens (tertiary/aromatic N) is 3. The Morgan fingerprint density at radius 2 is 2.56 bits per heavy atom. The van der Waals surface area contributed by atoms with E-state index in [1.54, 1.807) is 22.7 Å². The van der Waals surface area contributed by atoms with Gasteiger partial charge in [0.2, 0.25) is 0 Å².